The number of carboxylic acid groups (broad SMARTS) is 1. The van der Waals surface area contributed by atoms with Gasteiger partial charge in [-0.25, -0.2) is 4.79 Å². The first-order chi connectivity index (χ1) is 9.71. The van der Waals surface area contributed by atoms with E-state index in [4.69, 9.17) is 0 Å². The average Bonchev–Trinajstić information content (AvgIpc) is 2.72. The molecule has 1 atom stereocenters. The van der Waals surface area contributed by atoms with Gasteiger partial charge in [0.15, 0.2) is 5.69 Å². The van der Waals surface area contributed by atoms with E-state index < -0.39 is 23.3 Å². The van der Waals surface area contributed by atoms with Crippen LogP contribution in [0.1, 0.15) is 31.3 Å². The van der Waals surface area contributed by atoms with Gasteiger partial charge in [0.1, 0.15) is 6.04 Å². The molecule has 0 radical (unpaired) electrons. The van der Waals surface area contributed by atoms with Crippen molar-refractivity contribution < 1.29 is 14.7 Å². The summed E-state index contributed by atoms with van der Waals surface area (Å²) in [4.78, 5) is 23.7. The van der Waals surface area contributed by atoms with Gasteiger partial charge < -0.3 is 10.4 Å². The first-order valence-electron chi connectivity index (χ1n) is 6.67. The Balaban J connectivity index is 2.37. The summed E-state index contributed by atoms with van der Waals surface area (Å²) in [6.45, 7) is 5.30. The summed E-state index contributed by atoms with van der Waals surface area (Å²) >= 11 is 0. The largest absolute Gasteiger partial charge is 0.480 e. The second-order valence-electron chi connectivity index (χ2n) is 6.10. The summed E-state index contributed by atoms with van der Waals surface area (Å²) in [5.41, 5.74) is 0.473. The molecule has 1 aromatic heterocycles. The van der Waals surface area contributed by atoms with E-state index >= 15 is 0 Å². The van der Waals surface area contributed by atoms with Gasteiger partial charge in [0.05, 0.1) is 5.52 Å². The molecule has 112 valence electrons. The molecule has 6 nitrogen and oxygen atoms in total. The number of aryl methyl sites for hydroxylation is 1. The summed E-state index contributed by atoms with van der Waals surface area (Å²) in [5, 5.41) is 16.7. The first-order valence-corrected chi connectivity index (χ1v) is 6.67. The third kappa shape index (κ3) is 2.89. The number of carbonyl (C=O) groups is 2. The summed E-state index contributed by atoms with van der Waals surface area (Å²) in [5.74, 6) is -1.54. The molecule has 0 saturated carbocycles. The Bertz CT molecular complexity index is 698. The maximum Gasteiger partial charge on any atom is 0.326 e. The van der Waals surface area contributed by atoms with Crippen molar-refractivity contribution in [1.82, 2.24) is 15.1 Å². The average molecular weight is 289 g/mol. The van der Waals surface area contributed by atoms with Crippen LogP contribution < -0.4 is 5.32 Å². The smallest absolute Gasteiger partial charge is 0.326 e. The lowest BCUT2D eigenvalue weighted by molar-refractivity contribution is -0.142. The van der Waals surface area contributed by atoms with Gasteiger partial charge in [0.2, 0.25) is 0 Å². The van der Waals surface area contributed by atoms with Crippen LogP contribution >= 0.6 is 0 Å². The standard InChI is InChI=1S/C15H19N3O3/c1-15(2,3)12(14(20)21)16-13(19)11-9-7-5-6-8-10(9)18(4)17-11/h5-8,12H,1-4H3,(H,16,19)(H,20,21)/t12-/m1/s1. The van der Waals surface area contributed by atoms with E-state index in [0.29, 0.717) is 5.39 Å². The van der Waals surface area contributed by atoms with E-state index in [1.807, 2.05) is 18.2 Å². The van der Waals surface area contributed by atoms with Crippen molar-refractivity contribution in [3.05, 3.63) is 30.0 Å². The lowest BCUT2D eigenvalue weighted by atomic mass is 9.86. The Morgan fingerprint density at radius 3 is 2.48 bits per heavy atom. The number of aliphatic carboxylic acids is 1. The van der Waals surface area contributed by atoms with E-state index in [1.54, 1.807) is 38.6 Å². The minimum atomic E-state index is -1.06. The second-order valence-corrected chi connectivity index (χ2v) is 6.10. The zero-order valence-corrected chi connectivity index (χ0v) is 12.5. The van der Waals surface area contributed by atoms with Gasteiger partial charge in [0.25, 0.3) is 5.91 Å². The molecule has 0 bridgehead atoms. The molecule has 6 heteroatoms. The highest BCUT2D eigenvalue weighted by Crippen LogP contribution is 2.21. The number of nitrogens with zero attached hydrogens (tertiary/aromatic N) is 2. The van der Waals surface area contributed by atoms with Crippen molar-refractivity contribution in [2.45, 2.75) is 26.8 Å². The van der Waals surface area contributed by atoms with E-state index in [-0.39, 0.29) is 5.69 Å². The van der Waals surface area contributed by atoms with E-state index in [2.05, 4.69) is 10.4 Å². The van der Waals surface area contributed by atoms with Gasteiger partial charge in [-0.15, -0.1) is 0 Å². The molecule has 1 aromatic carbocycles. The van der Waals surface area contributed by atoms with E-state index in [9.17, 15) is 14.7 Å². The minimum absolute atomic E-state index is 0.239. The molecule has 1 amide bonds. The van der Waals surface area contributed by atoms with Crippen molar-refractivity contribution in [2.75, 3.05) is 0 Å². The summed E-state index contributed by atoms with van der Waals surface area (Å²) in [6.07, 6.45) is 0. The number of carboxylic acids is 1. The van der Waals surface area contributed by atoms with Gasteiger partial charge >= 0.3 is 5.97 Å². The number of fused-ring (bicyclic) bond motifs is 1. The molecule has 21 heavy (non-hydrogen) atoms. The molecular weight excluding hydrogens is 270 g/mol. The Hall–Kier alpha value is -2.37. The molecule has 0 fully saturated rings. The molecule has 0 unspecified atom stereocenters. The monoisotopic (exact) mass is 289 g/mol. The highest BCUT2D eigenvalue weighted by Gasteiger charge is 2.33. The number of nitrogens with one attached hydrogen (secondary N) is 1. The molecular formula is C15H19N3O3. The number of hydrogen-bond acceptors (Lipinski definition) is 3. The number of aromatic nitrogens is 2. The van der Waals surface area contributed by atoms with Crippen LogP contribution in [0.3, 0.4) is 0 Å². The van der Waals surface area contributed by atoms with Crippen LogP contribution in [0.5, 0.6) is 0 Å². The SMILES string of the molecule is Cn1nc(C(=O)N[C@H](C(=O)O)C(C)(C)C)c2ccccc21. The Kier molecular flexibility index (Phi) is 3.72. The predicted molar refractivity (Wildman–Crippen MR) is 79.1 cm³/mol. The molecule has 0 aliphatic rings. The van der Waals surface area contributed by atoms with Gasteiger partial charge in [-0.1, -0.05) is 39.0 Å². The third-order valence-corrected chi connectivity index (χ3v) is 3.36. The molecule has 2 N–H and O–H groups in total. The fourth-order valence-electron chi connectivity index (χ4n) is 2.23. The van der Waals surface area contributed by atoms with Crippen molar-refractivity contribution >= 4 is 22.8 Å². The van der Waals surface area contributed by atoms with Crippen molar-refractivity contribution in [2.24, 2.45) is 12.5 Å². The summed E-state index contributed by atoms with van der Waals surface area (Å²) in [7, 11) is 1.75. The topological polar surface area (TPSA) is 84.2 Å². The third-order valence-electron chi connectivity index (χ3n) is 3.36. The first kappa shape index (κ1) is 15.0. The van der Waals surface area contributed by atoms with Crippen molar-refractivity contribution in [1.29, 1.82) is 0 Å². The highest BCUT2D eigenvalue weighted by molar-refractivity contribution is 6.05. The van der Waals surface area contributed by atoms with Gasteiger partial charge in [-0.3, -0.25) is 9.48 Å². The lowest BCUT2D eigenvalue weighted by Crippen LogP contribution is -2.49. The number of para-hydroxylation sites is 1. The summed E-state index contributed by atoms with van der Waals surface area (Å²) < 4.78 is 1.61. The minimum Gasteiger partial charge on any atom is -0.480 e. The molecule has 2 aromatic rings. The van der Waals surface area contributed by atoms with Gasteiger partial charge in [-0.2, -0.15) is 5.10 Å². The van der Waals surface area contributed by atoms with Crippen LogP contribution in [0.2, 0.25) is 0 Å². The normalized spacial score (nSPS) is 13.1. The van der Waals surface area contributed by atoms with Crippen LogP contribution in [-0.4, -0.2) is 32.8 Å². The molecule has 1 heterocycles. The van der Waals surface area contributed by atoms with Gasteiger partial charge in [0, 0.05) is 12.4 Å². The second kappa shape index (κ2) is 5.20. The molecule has 2 rings (SSSR count). The molecule has 0 spiro atoms. The number of hydrogen-bond donors (Lipinski definition) is 2. The van der Waals surface area contributed by atoms with Crippen LogP contribution in [0.15, 0.2) is 24.3 Å². The van der Waals surface area contributed by atoms with Crippen LogP contribution in [0.25, 0.3) is 10.9 Å². The van der Waals surface area contributed by atoms with Crippen LogP contribution in [0.4, 0.5) is 0 Å². The zero-order chi connectivity index (χ0) is 15.8. The van der Waals surface area contributed by atoms with Crippen LogP contribution in [0, 0.1) is 5.41 Å². The highest BCUT2D eigenvalue weighted by atomic mass is 16.4. The Labute approximate surface area is 122 Å². The number of rotatable bonds is 3. The Morgan fingerprint density at radius 2 is 1.90 bits per heavy atom. The maximum absolute atomic E-state index is 12.4. The lowest BCUT2D eigenvalue weighted by Gasteiger charge is -2.27. The molecule has 0 aliphatic carbocycles. The fraction of sp³-hybridized carbons (Fsp3) is 0.400. The number of benzene rings is 1. The van der Waals surface area contributed by atoms with E-state index in [1.165, 1.54) is 0 Å². The van der Waals surface area contributed by atoms with Crippen LogP contribution in [-0.2, 0) is 11.8 Å². The zero-order valence-electron chi connectivity index (χ0n) is 12.5. The predicted octanol–water partition coefficient (Wildman–Crippen LogP) is 1.80. The molecule has 0 saturated heterocycles. The van der Waals surface area contributed by atoms with E-state index in [0.717, 1.165) is 5.52 Å². The maximum atomic E-state index is 12.4. The van der Waals surface area contributed by atoms with Crippen molar-refractivity contribution in [3.8, 4) is 0 Å². The number of amides is 1. The Morgan fingerprint density at radius 1 is 1.29 bits per heavy atom. The van der Waals surface area contributed by atoms with Gasteiger partial charge in [-0.05, 0) is 11.5 Å². The fourth-order valence-corrected chi connectivity index (χ4v) is 2.23. The summed E-state index contributed by atoms with van der Waals surface area (Å²) in [6, 6.07) is 6.35. The van der Waals surface area contributed by atoms with Crippen molar-refractivity contribution in [3.63, 3.8) is 0 Å². The molecule has 0 aliphatic heterocycles. The number of carbonyl (C=O) groups excluding carboxylic acids is 1. The quantitative estimate of drug-likeness (QED) is 0.902.